The van der Waals surface area contributed by atoms with Crippen LogP contribution in [-0.2, 0) is 4.79 Å². The largest absolute Gasteiger partial charge is 0.369 e. The van der Waals surface area contributed by atoms with Gasteiger partial charge in [-0.25, -0.2) is 0 Å². The Kier molecular flexibility index (Phi) is 8.34. The molecule has 1 amide bonds. The number of anilines is 2. The van der Waals surface area contributed by atoms with E-state index in [1.165, 1.54) is 38.0 Å². The minimum atomic E-state index is -0.541. The number of carbonyl (C=O) groups excluding carboxylic acids is 2. The fraction of sp³-hybridized carbons (Fsp3) is 0.533. The maximum absolute atomic E-state index is 13.5. The predicted octanol–water partition coefficient (Wildman–Crippen LogP) is 4.31. The summed E-state index contributed by atoms with van der Waals surface area (Å²) < 4.78 is 0. The third-order valence-corrected chi connectivity index (χ3v) is 8.11. The number of para-hydroxylation sites is 2. The van der Waals surface area contributed by atoms with E-state index in [-0.39, 0.29) is 11.7 Å². The third kappa shape index (κ3) is 5.81. The van der Waals surface area contributed by atoms with Gasteiger partial charge in [0, 0.05) is 44.0 Å². The highest BCUT2D eigenvalue weighted by Gasteiger charge is 2.38. The lowest BCUT2D eigenvalue weighted by atomic mass is 9.87. The molecule has 2 fully saturated rings. The molecule has 2 aromatic rings. The lowest BCUT2D eigenvalue weighted by Crippen LogP contribution is -2.47. The van der Waals surface area contributed by atoms with Crippen molar-refractivity contribution in [1.29, 1.82) is 0 Å². The number of hydrogen-bond donors (Lipinski definition) is 0. The molecule has 1 atom stereocenters. The van der Waals surface area contributed by atoms with E-state index in [0.717, 1.165) is 63.4 Å². The SMILES string of the molecule is O=C1c2ccccc2N(CCCN2CCCCC2)C(=O)C1CCCN1CCN(c2ccccc2)CC1. The highest BCUT2D eigenvalue weighted by atomic mass is 16.2. The highest BCUT2D eigenvalue weighted by Crippen LogP contribution is 2.33. The van der Waals surface area contributed by atoms with E-state index in [9.17, 15) is 9.59 Å². The summed E-state index contributed by atoms with van der Waals surface area (Å²) in [6.07, 6.45) is 6.35. The number of piperazine rings is 1. The quantitative estimate of drug-likeness (QED) is 0.492. The van der Waals surface area contributed by atoms with Crippen LogP contribution < -0.4 is 9.80 Å². The summed E-state index contributed by atoms with van der Waals surface area (Å²) in [5.41, 5.74) is 2.81. The zero-order valence-corrected chi connectivity index (χ0v) is 21.5. The van der Waals surface area contributed by atoms with Gasteiger partial charge >= 0.3 is 0 Å². The van der Waals surface area contributed by atoms with Gasteiger partial charge in [-0.1, -0.05) is 36.8 Å². The Morgan fingerprint density at radius 3 is 2.11 bits per heavy atom. The second-order valence-electron chi connectivity index (χ2n) is 10.5. The zero-order valence-electron chi connectivity index (χ0n) is 21.5. The fourth-order valence-corrected chi connectivity index (χ4v) is 6.03. The van der Waals surface area contributed by atoms with Crippen molar-refractivity contribution in [1.82, 2.24) is 9.80 Å². The summed E-state index contributed by atoms with van der Waals surface area (Å²) in [6, 6.07) is 18.3. The van der Waals surface area contributed by atoms with Crippen molar-refractivity contribution >= 4 is 23.1 Å². The van der Waals surface area contributed by atoms with Gasteiger partial charge in [0.15, 0.2) is 5.78 Å². The smallest absolute Gasteiger partial charge is 0.237 e. The molecule has 1 unspecified atom stereocenters. The molecule has 3 heterocycles. The van der Waals surface area contributed by atoms with E-state index >= 15 is 0 Å². The van der Waals surface area contributed by atoms with E-state index < -0.39 is 5.92 Å². The number of nitrogens with zero attached hydrogens (tertiary/aromatic N) is 4. The van der Waals surface area contributed by atoms with E-state index in [1.807, 2.05) is 29.2 Å². The molecular weight excluding hydrogens is 448 g/mol. The molecule has 0 aliphatic carbocycles. The summed E-state index contributed by atoms with van der Waals surface area (Å²) in [5.74, 6) is -0.525. The Balaban J connectivity index is 1.14. The average Bonchev–Trinajstić information content (AvgIpc) is 2.94. The normalized spacial score (nSPS) is 21.6. The van der Waals surface area contributed by atoms with Crippen molar-refractivity contribution in [2.75, 3.05) is 68.7 Å². The lowest BCUT2D eigenvalue weighted by Gasteiger charge is -2.37. The molecule has 0 bridgehead atoms. The summed E-state index contributed by atoms with van der Waals surface area (Å²) >= 11 is 0. The number of piperidine rings is 1. The second kappa shape index (κ2) is 12.0. The molecule has 6 heteroatoms. The van der Waals surface area contributed by atoms with Gasteiger partial charge in [0.25, 0.3) is 0 Å². The summed E-state index contributed by atoms with van der Waals surface area (Å²) in [4.78, 5) is 36.2. The Hall–Kier alpha value is -2.70. The van der Waals surface area contributed by atoms with Gasteiger partial charge in [-0.15, -0.1) is 0 Å². The van der Waals surface area contributed by atoms with Gasteiger partial charge in [-0.2, -0.15) is 0 Å². The van der Waals surface area contributed by atoms with Crippen LogP contribution in [0.2, 0.25) is 0 Å². The van der Waals surface area contributed by atoms with Crippen molar-refractivity contribution in [3.8, 4) is 0 Å². The standard InChI is InChI=1S/C30H40N4O2/c35-29-26-13-5-6-15-28(26)34(20-10-19-31-16-7-2-8-17-31)30(36)27(29)14-9-18-32-21-23-33(24-22-32)25-11-3-1-4-12-25/h1,3-6,11-13,15,27H,2,7-10,14,16-24H2. The molecule has 0 radical (unpaired) electrons. The highest BCUT2D eigenvalue weighted by molar-refractivity contribution is 6.21. The van der Waals surface area contributed by atoms with E-state index in [2.05, 4.69) is 45.0 Å². The number of rotatable bonds is 9. The summed E-state index contributed by atoms with van der Waals surface area (Å²) in [5, 5.41) is 0. The van der Waals surface area contributed by atoms with Gasteiger partial charge in [0.1, 0.15) is 5.92 Å². The number of amides is 1. The van der Waals surface area contributed by atoms with Crippen LogP contribution in [0, 0.1) is 5.92 Å². The molecule has 192 valence electrons. The molecule has 36 heavy (non-hydrogen) atoms. The van der Waals surface area contributed by atoms with Gasteiger partial charge < -0.3 is 14.7 Å². The molecule has 3 aliphatic rings. The third-order valence-electron chi connectivity index (χ3n) is 8.11. The van der Waals surface area contributed by atoms with Crippen LogP contribution in [0.1, 0.15) is 48.9 Å². The van der Waals surface area contributed by atoms with Crippen molar-refractivity contribution in [3.63, 3.8) is 0 Å². The number of ketones is 1. The Morgan fingerprint density at radius 2 is 1.33 bits per heavy atom. The number of carbonyl (C=O) groups is 2. The van der Waals surface area contributed by atoms with Gasteiger partial charge in [0.2, 0.25) is 5.91 Å². The summed E-state index contributed by atoms with van der Waals surface area (Å²) in [6.45, 7) is 9.08. The lowest BCUT2D eigenvalue weighted by molar-refractivity contribution is -0.121. The van der Waals surface area contributed by atoms with Crippen molar-refractivity contribution in [2.45, 2.75) is 38.5 Å². The average molecular weight is 489 g/mol. The fourth-order valence-electron chi connectivity index (χ4n) is 6.03. The van der Waals surface area contributed by atoms with Gasteiger partial charge in [-0.3, -0.25) is 14.5 Å². The maximum Gasteiger partial charge on any atom is 0.237 e. The maximum atomic E-state index is 13.5. The molecule has 0 spiro atoms. The number of benzene rings is 2. The van der Waals surface area contributed by atoms with Crippen LogP contribution in [0.3, 0.4) is 0 Å². The number of Topliss-reactive ketones (excluding diaryl/α,β-unsaturated/α-hetero) is 1. The first kappa shape index (κ1) is 25.0. The molecule has 2 saturated heterocycles. The van der Waals surface area contributed by atoms with Crippen LogP contribution in [0.25, 0.3) is 0 Å². The van der Waals surface area contributed by atoms with Crippen LogP contribution in [0.5, 0.6) is 0 Å². The van der Waals surface area contributed by atoms with Crippen molar-refractivity contribution in [2.24, 2.45) is 5.92 Å². The topological polar surface area (TPSA) is 47.1 Å². The first-order chi connectivity index (χ1) is 17.7. The molecule has 3 aliphatic heterocycles. The predicted molar refractivity (Wildman–Crippen MR) is 146 cm³/mol. The van der Waals surface area contributed by atoms with Crippen molar-refractivity contribution < 1.29 is 9.59 Å². The van der Waals surface area contributed by atoms with Crippen LogP contribution in [0.4, 0.5) is 11.4 Å². The van der Waals surface area contributed by atoms with E-state index in [1.54, 1.807) is 0 Å². The molecule has 2 aromatic carbocycles. The molecule has 0 N–H and O–H groups in total. The second-order valence-corrected chi connectivity index (χ2v) is 10.5. The van der Waals surface area contributed by atoms with Gasteiger partial charge in [-0.05, 0) is 82.5 Å². The molecule has 6 nitrogen and oxygen atoms in total. The Bertz CT molecular complexity index is 1010. The van der Waals surface area contributed by atoms with Crippen LogP contribution >= 0.6 is 0 Å². The first-order valence-corrected chi connectivity index (χ1v) is 13.9. The Labute approximate surface area is 215 Å². The van der Waals surface area contributed by atoms with Gasteiger partial charge in [0.05, 0.1) is 5.69 Å². The zero-order chi connectivity index (χ0) is 24.7. The summed E-state index contributed by atoms with van der Waals surface area (Å²) in [7, 11) is 0. The Morgan fingerprint density at radius 1 is 0.667 bits per heavy atom. The van der Waals surface area contributed by atoms with Crippen LogP contribution in [0.15, 0.2) is 54.6 Å². The minimum Gasteiger partial charge on any atom is -0.369 e. The number of likely N-dealkylation sites (tertiary alicyclic amines) is 1. The first-order valence-electron chi connectivity index (χ1n) is 13.9. The molecule has 5 rings (SSSR count). The van der Waals surface area contributed by atoms with E-state index in [0.29, 0.717) is 13.0 Å². The number of fused-ring (bicyclic) bond motifs is 1. The minimum absolute atomic E-state index is 0.00578. The van der Waals surface area contributed by atoms with Crippen LogP contribution in [-0.4, -0.2) is 80.4 Å². The molecular formula is C30H40N4O2. The molecule has 0 aromatic heterocycles. The van der Waals surface area contributed by atoms with Crippen molar-refractivity contribution in [3.05, 3.63) is 60.2 Å². The van der Waals surface area contributed by atoms with E-state index in [4.69, 9.17) is 0 Å². The molecule has 0 saturated carbocycles. The number of hydrogen-bond acceptors (Lipinski definition) is 5. The monoisotopic (exact) mass is 488 g/mol.